The first kappa shape index (κ1) is 8.55. The van der Waals surface area contributed by atoms with Gasteiger partial charge >= 0.3 is 69.2 Å². The Labute approximate surface area is 69.9 Å². The Morgan fingerprint density at radius 1 is 1.45 bits per heavy atom. The summed E-state index contributed by atoms with van der Waals surface area (Å²) in [5.74, 6) is 0.647. The van der Waals surface area contributed by atoms with Gasteiger partial charge in [0.05, 0.1) is 0 Å². The summed E-state index contributed by atoms with van der Waals surface area (Å²) in [4.78, 5) is 0. The second kappa shape index (κ2) is 4.36. The molecule has 1 aliphatic heterocycles. The van der Waals surface area contributed by atoms with Crippen molar-refractivity contribution in [3.05, 3.63) is 17.6 Å². The first-order chi connectivity index (χ1) is 5.30. The molecule has 0 unspecified atom stereocenters. The summed E-state index contributed by atoms with van der Waals surface area (Å²) in [7, 11) is 0. The Bertz CT molecular complexity index is 205. The molecule has 58 valence electrons. The van der Waals surface area contributed by atoms with Gasteiger partial charge < -0.3 is 0 Å². The molecule has 0 spiro atoms. The van der Waals surface area contributed by atoms with Crippen molar-refractivity contribution in [2.24, 2.45) is 5.92 Å². The monoisotopic (exact) mass is 146 g/mol. The average Bonchev–Trinajstić information content (AvgIpc) is 1.84. The predicted molar refractivity (Wildman–Crippen MR) is 52.1 cm³/mol. The summed E-state index contributed by atoms with van der Waals surface area (Å²) in [6.07, 6.45) is 8.15. The predicted octanol–water partition coefficient (Wildman–Crippen LogP) is 2.37. The summed E-state index contributed by atoms with van der Waals surface area (Å²) >= 11 is 0. The van der Waals surface area contributed by atoms with Crippen LogP contribution in [0.4, 0.5) is 0 Å². The molecule has 1 aliphatic rings. The van der Waals surface area contributed by atoms with Crippen molar-refractivity contribution < 1.29 is 0 Å². The van der Waals surface area contributed by atoms with Crippen LogP contribution in [0.25, 0.3) is 0 Å². The third-order valence-electron chi connectivity index (χ3n) is 1.97. The molecule has 1 heterocycles. The van der Waals surface area contributed by atoms with E-state index in [9.17, 15) is 0 Å². The Hall–Kier alpha value is -0.545. The van der Waals surface area contributed by atoms with Crippen LogP contribution in [0.5, 0.6) is 0 Å². The minimum absolute atomic E-state index is 0.647. The van der Waals surface area contributed by atoms with Gasteiger partial charge in [0.1, 0.15) is 0 Å². The minimum atomic E-state index is 0.647. The van der Waals surface area contributed by atoms with Crippen molar-refractivity contribution >= 4 is 12.5 Å². The summed E-state index contributed by atoms with van der Waals surface area (Å²) in [5, 5.41) is 0. The van der Waals surface area contributed by atoms with Crippen molar-refractivity contribution in [3.63, 3.8) is 0 Å². The van der Waals surface area contributed by atoms with E-state index in [1.807, 2.05) is 0 Å². The number of rotatable bonds is 1. The molecule has 0 radical (unpaired) electrons. The fraction of sp³-hybridized carbons (Fsp3) is 0.600. The van der Waals surface area contributed by atoms with Gasteiger partial charge in [-0.3, -0.25) is 0 Å². The summed E-state index contributed by atoms with van der Waals surface area (Å²) in [6, 6.07) is 0. The van der Waals surface area contributed by atoms with Gasteiger partial charge in [0.2, 0.25) is 0 Å². The number of hydrogen-bond donors (Lipinski definition) is 0. The molecule has 0 bridgehead atoms. The van der Waals surface area contributed by atoms with Gasteiger partial charge in [-0.25, -0.2) is 0 Å². The molecule has 0 fully saturated rings. The maximum absolute atomic E-state index is 3.20. The van der Waals surface area contributed by atoms with Gasteiger partial charge in [0.25, 0.3) is 0 Å². The van der Waals surface area contributed by atoms with Crippen molar-refractivity contribution in [3.8, 4) is 0 Å². The van der Waals surface area contributed by atoms with E-state index in [1.54, 1.807) is 0 Å². The third-order valence-corrected chi connectivity index (χ3v) is 1.97. The van der Waals surface area contributed by atoms with Crippen LogP contribution in [-0.4, -0.2) is 12.5 Å². The molecule has 0 nitrogen and oxygen atoms in total. The Balaban J connectivity index is 2.74. The molecule has 0 aliphatic carbocycles. The molecule has 0 amide bonds. The molecule has 0 aromatic rings. The van der Waals surface area contributed by atoms with Gasteiger partial charge in [0, 0.05) is 0 Å². The molecule has 0 N–H and O–H groups in total. The molecule has 1 rings (SSSR count). The van der Waals surface area contributed by atoms with Crippen LogP contribution in [-0.2, 0) is 0 Å². The first-order valence-electron chi connectivity index (χ1n) is 4.41. The van der Waals surface area contributed by atoms with Crippen molar-refractivity contribution in [1.29, 1.82) is 0 Å². The van der Waals surface area contributed by atoms with Crippen LogP contribution >= 0.6 is 0 Å². The normalized spacial score (nSPS) is 21.9. The zero-order valence-corrected chi connectivity index (χ0v) is 7.43. The molecule has 0 aromatic carbocycles. The van der Waals surface area contributed by atoms with Gasteiger partial charge in [-0.05, 0) is 0 Å². The second-order valence-corrected chi connectivity index (χ2v) is 3.30. The number of allylic oxidation sites excluding steroid dienone is 3. The van der Waals surface area contributed by atoms with E-state index in [0.717, 1.165) is 0 Å². The third kappa shape index (κ3) is 2.90. The van der Waals surface area contributed by atoms with Crippen molar-refractivity contribution in [2.75, 3.05) is 0 Å². The fourth-order valence-corrected chi connectivity index (χ4v) is 1.19. The Morgan fingerprint density at radius 3 is 3.00 bits per heavy atom. The van der Waals surface area contributed by atoms with E-state index in [4.69, 9.17) is 0 Å². The Kier molecular flexibility index (Phi) is 3.39. The second-order valence-electron chi connectivity index (χ2n) is 3.30. The molecule has 0 saturated carbocycles. The number of hydrogen-bond acceptors (Lipinski definition) is 0. The zero-order chi connectivity index (χ0) is 8.10. The fourth-order valence-electron chi connectivity index (χ4n) is 1.19. The van der Waals surface area contributed by atoms with Crippen LogP contribution in [0.15, 0.2) is 17.6 Å². The molecule has 0 saturated heterocycles. The topological polar surface area (TPSA) is 0 Å². The standard InChI is InChI=1S/C10H15B/c1-9(2)10-7-5-3-4-6-8-11-10/h6-7,9H,3-5H2,1-2H3/b10-7-. The summed E-state index contributed by atoms with van der Waals surface area (Å²) in [5.41, 5.74) is 4.63. The SMILES string of the molecule is CC(C)/C1=C/CCCC=C=B1. The zero-order valence-electron chi connectivity index (χ0n) is 7.43. The molecule has 11 heavy (non-hydrogen) atoms. The summed E-state index contributed by atoms with van der Waals surface area (Å²) < 4.78 is 0. The molecule has 0 aromatic heterocycles. The van der Waals surface area contributed by atoms with Gasteiger partial charge in [-0.2, -0.15) is 0 Å². The molecular weight excluding hydrogens is 131 g/mol. The van der Waals surface area contributed by atoms with Crippen molar-refractivity contribution in [2.45, 2.75) is 33.1 Å². The van der Waals surface area contributed by atoms with Crippen LogP contribution in [0.1, 0.15) is 33.1 Å². The van der Waals surface area contributed by atoms with E-state index < -0.39 is 0 Å². The average molecular weight is 146 g/mol. The van der Waals surface area contributed by atoms with Crippen LogP contribution in [0.3, 0.4) is 0 Å². The van der Waals surface area contributed by atoms with E-state index in [0.29, 0.717) is 5.92 Å². The van der Waals surface area contributed by atoms with Crippen LogP contribution < -0.4 is 0 Å². The van der Waals surface area contributed by atoms with Gasteiger partial charge in [-0.15, -0.1) is 0 Å². The van der Waals surface area contributed by atoms with Crippen LogP contribution in [0, 0.1) is 5.92 Å². The van der Waals surface area contributed by atoms with Gasteiger partial charge in [0.15, 0.2) is 0 Å². The quantitative estimate of drug-likeness (QED) is 0.498. The van der Waals surface area contributed by atoms with E-state index >= 15 is 0 Å². The van der Waals surface area contributed by atoms with Gasteiger partial charge in [-0.1, -0.05) is 0 Å². The first-order valence-corrected chi connectivity index (χ1v) is 4.41. The maximum atomic E-state index is 3.20. The molecule has 0 atom stereocenters. The van der Waals surface area contributed by atoms with E-state index in [-0.39, 0.29) is 0 Å². The van der Waals surface area contributed by atoms with E-state index in [2.05, 4.69) is 38.5 Å². The Morgan fingerprint density at radius 2 is 2.27 bits per heavy atom. The van der Waals surface area contributed by atoms with Crippen molar-refractivity contribution in [1.82, 2.24) is 0 Å². The van der Waals surface area contributed by atoms with Crippen LogP contribution in [0.2, 0.25) is 0 Å². The van der Waals surface area contributed by atoms with E-state index in [1.165, 1.54) is 24.7 Å². The molecular formula is C10H15B. The summed E-state index contributed by atoms with van der Waals surface area (Å²) in [6.45, 7) is 6.57. The molecule has 1 heteroatoms.